The zero-order valence-corrected chi connectivity index (χ0v) is 15.9. The van der Waals surface area contributed by atoms with Crippen molar-refractivity contribution in [1.29, 1.82) is 0 Å². The first-order chi connectivity index (χ1) is 13.2. The molecule has 0 unspecified atom stereocenters. The summed E-state index contributed by atoms with van der Waals surface area (Å²) in [5.41, 5.74) is 0.992. The standard InChI is InChI=1S/C22H18ClF3O2/c1-11-2-3-12(16-7-6-15(23)10-18(16)22(24,25)26)9-17(11)19-20(27)13-4-5-14(8-13)21(19)28/h2-3,6-7,9-10,13-14,27H,4-5,8H2,1H3/t13-,14+/m0/s1. The second kappa shape index (κ2) is 6.66. The highest BCUT2D eigenvalue weighted by Gasteiger charge is 2.41. The van der Waals surface area contributed by atoms with E-state index in [9.17, 15) is 23.1 Å². The summed E-state index contributed by atoms with van der Waals surface area (Å²) >= 11 is 5.78. The number of halogens is 4. The SMILES string of the molecule is Cc1ccc(-c2ccc(Cl)cc2C(F)(F)F)cc1C1=C(O)[C@H]2CC[C@H](C2)C1=O. The van der Waals surface area contributed by atoms with Crippen molar-refractivity contribution in [1.82, 2.24) is 0 Å². The molecule has 28 heavy (non-hydrogen) atoms. The van der Waals surface area contributed by atoms with Gasteiger partial charge < -0.3 is 5.11 Å². The maximum atomic E-state index is 13.5. The Hall–Kier alpha value is -2.27. The van der Waals surface area contributed by atoms with Gasteiger partial charge in [-0.15, -0.1) is 0 Å². The number of hydrogen-bond acceptors (Lipinski definition) is 2. The molecular weight excluding hydrogens is 389 g/mol. The van der Waals surface area contributed by atoms with Crippen LogP contribution in [0, 0.1) is 18.8 Å². The Bertz CT molecular complexity index is 1010. The van der Waals surface area contributed by atoms with Crippen LogP contribution in [0.5, 0.6) is 0 Å². The van der Waals surface area contributed by atoms with Gasteiger partial charge in [0.05, 0.1) is 11.1 Å². The molecule has 146 valence electrons. The number of alkyl halides is 3. The van der Waals surface area contributed by atoms with Crippen molar-refractivity contribution in [2.75, 3.05) is 0 Å². The number of carbonyl (C=O) groups excluding carboxylic acids is 1. The molecule has 1 saturated carbocycles. The second-order valence-electron chi connectivity index (χ2n) is 7.55. The highest BCUT2D eigenvalue weighted by Crippen LogP contribution is 2.46. The van der Waals surface area contributed by atoms with Crippen LogP contribution in [-0.4, -0.2) is 10.9 Å². The van der Waals surface area contributed by atoms with Crippen molar-refractivity contribution in [2.45, 2.75) is 32.4 Å². The Morgan fingerprint density at radius 2 is 1.75 bits per heavy atom. The van der Waals surface area contributed by atoms with Gasteiger partial charge in [-0.2, -0.15) is 13.2 Å². The van der Waals surface area contributed by atoms with Gasteiger partial charge in [-0.25, -0.2) is 0 Å². The first kappa shape index (κ1) is 19.1. The quantitative estimate of drug-likeness (QED) is 0.609. The summed E-state index contributed by atoms with van der Waals surface area (Å²) in [7, 11) is 0. The Morgan fingerprint density at radius 1 is 1.04 bits per heavy atom. The number of rotatable bonds is 2. The number of hydrogen-bond donors (Lipinski definition) is 1. The molecule has 2 aliphatic carbocycles. The van der Waals surface area contributed by atoms with Gasteiger partial charge in [0.25, 0.3) is 0 Å². The van der Waals surface area contributed by atoms with Gasteiger partial charge in [-0.05, 0) is 66.6 Å². The van der Waals surface area contributed by atoms with Crippen molar-refractivity contribution in [3.8, 4) is 11.1 Å². The van der Waals surface area contributed by atoms with Gasteiger partial charge in [-0.1, -0.05) is 29.8 Å². The predicted molar refractivity (Wildman–Crippen MR) is 102 cm³/mol. The van der Waals surface area contributed by atoms with Crippen LogP contribution in [0.25, 0.3) is 16.7 Å². The van der Waals surface area contributed by atoms with Crippen LogP contribution >= 0.6 is 11.6 Å². The summed E-state index contributed by atoms with van der Waals surface area (Å²) in [5, 5.41) is 10.6. The monoisotopic (exact) mass is 406 g/mol. The summed E-state index contributed by atoms with van der Waals surface area (Å²) in [4.78, 5) is 12.8. The zero-order chi connectivity index (χ0) is 20.2. The summed E-state index contributed by atoms with van der Waals surface area (Å²) in [6, 6.07) is 8.50. The van der Waals surface area contributed by atoms with E-state index in [-0.39, 0.29) is 39.5 Å². The minimum atomic E-state index is -4.56. The number of aliphatic hydroxyl groups excluding tert-OH is 1. The molecule has 0 aromatic heterocycles. The molecule has 2 atom stereocenters. The van der Waals surface area contributed by atoms with Crippen LogP contribution in [0.2, 0.25) is 5.02 Å². The molecule has 2 nitrogen and oxygen atoms in total. The van der Waals surface area contributed by atoms with Crippen molar-refractivity contribution in [3.05, 3.63) is 63.9 Å². The summed E-state index contributed by atoms with van der Waals surface area (Å²) in [6.45, 7) is 1.79. The number of ketones is 1. The maximum Gasteiger partial charge on any atom is 0.417 e. The van der Waals surface area contributed by atoms with E-state index in [0.717, 1.165) is 24.5 Å². The molecule has 0 heterocycles. The molecule has 0 aliphatic heterocycles. The number of Topliss-reactive ketones (excluding diaryl/α,β-unsaturated/α-hetero) is 1. The topological polar surface area (TPSA) is 37.3 Å². The molecule has 2 aromatic rings. The van der Waals surface area contributed by atoms with Gasteiger partial charge in [-0.3, -0.25) is 4.79 Å². The number of allylic oxidation sites excluding steroid dienone is 2. The zero-order valence-electron chi connectivity index (χ0n) is 15.1. The molecule has 0 saturated heterocycles. The van der Waals surface area contributed by atoms with Gasteiger partial charge in [0.15, 0.2) is 5.78 Å². The second-order valence-corrected chi connectivity index (χ2v) is 7.99. The van der Waals surface area contributed by atoms with E-state index < -0.39 is 11.7 Å². The minimum Gasteiger partial charge on any atom is -0.511 e. The Labute approximate surface area is 165 Å². The lowest BCUT2D eigenvalue weighted by molar-refractivity contribution is -0.137. The fourth-order valence-electron chi connectivity index (χ4n) is 4.33. The van der Waals surface area contributed by atoms with Crippen LogP contribution in [0.15, 0.2) is 42.2 Å². The Balaban J connectivity index is 1.89. The largest absolute Gasteiger partial charge is 0.511 e. The minimum absolute atomic E-state index is 0.00259. The van der Waals surface area contributed by atoms with E-state index in [1.807, 2.05) is 0 Å². The highest BCUT2D eigenvalue weighted by atomic mass is 35.5. The average molecular weight is 407 g/mol. The van der Waals surface area contributed by atoms with E-state index >= 15 is 0 Å². The molecule has 4 rings (SSSR count). The molecule has 2 bridgehead atoms. The third kappa shape index (κ3) is 3.12. The molecular formula is C22H18ClF3O2. The first-order valence-corrected chi connectivity index (χ1v) is 9.50. The Kier molecular flexibility index (Phi) is 4.53. The van der Waals surface area contributed by atoms with Crippen LogP contribution in [0.1, 0.15) is 36.0 Å². The van der Waals surface area contributed by atoms with Gasteiger partial charge in [0.1, 0.15) is 5.76 Å². The van der Waals surface area contributed by atoms with E-state index in [4.69, 9.17) is 11.6 Å². The van der Waals surface area contributed by atoms with Crippen LogP contribution in [-0.2, 0) is 11.0 Å². The van der Waals surface area contributed by atoms with Crippen LogP contribution in [0.4, 0.5) is 13.2 Å². The smallest absolute Gasteiger partial charge is 0.417 e. The summed E-state index contributed by atoms with van der Waals surface area (Å²) in [6.07, 6.45) is -2.40. The highest BCUT2D eigenvalue weighted by molar-refractivity contribution is 6.30. The first-order valence-electron chi connectivity index (χ1n) is 9.12. The van der Waals surface area contributed by atoms with Gasteiger partial charge in [0.2, 0.25) is 0 Å². The lowest BCUT2D eigenvalue weighted by Gasteiger charge is -2.23. The molecule has 6 heteroatoms. The molecule has 2 aliphatic rings. The van der Waals surface area contributed by atoms with Gasteiger partial charge >= 0.3 is 6.18 Å². The van der Waals surface area contributed by atoms with Crippen LogP contribution in [0.3, 0.4) is 0 Å². The molecule has 0 spiro atoms. The summed E-state index contributed by atoms with van der Waals surface area (Å²) < 4.78 is 40.6. The number of aryl methyl sites for hydroxylation is 1. The normalized spacial score (nSPS) is 22.1. The van der Waals surface area contributed by atoms with E-state index in [2.05, 4.69) is 0 Å². The predicted octanol–water partition coefficient (Wildman–Crippen LogP) is 6.60. The third-order valence-corrected chi connectivity index (χ3v) is 6.03. The maximum absolute atomic E-state index is 13.5. The van der Waals surface area contributed by atoms with Crippen molar-refractivity contribution in [3.63, 3.8) is 0 Å². The fourth-order valence-corrected chi connectivity index (χ4v) is 4.51. The molecule has 0 amide bonds. The molecule has 1 fully saturated rings. The van der Waals surface area contributed by atoms with E-state index in [1.54, 1.807) is 25.1 Å². The molecule has 0 radical (unpaired) electrons. The third-order valence-electron chi connectivity index (χ3n) is 5.80. The van der Waals surface area contributed by atoms with Crippen molar-refractivity contribution < 1.29 is 23.1 Å². The van der Waals surface area contributed by atoms with Crippen LogP contribution < -0.4 is 0 Å². The average Bonchev–Trinajstić information content (AvgIpc) is 3.08. The van der Waals surface area contributed by atoms with Crippen molar-refractivity contribution in [2.24, 2.45) is 11.8 Å². The molecule has 1 N–H and O–H groups in total. The van der Waals surface area contributed by atoms with E-state index in [0.29, 0.717) is 17.5 Å². The van der Waals surface area contributed by atoms with Crippen molar-refractivity contribution >= 4 is 23.0 Å². The lowest BCUT2D eigenvalue weighted by atomic mass is 9.81. The number of aliphatic hydroxyl groups is 1. The van der Waals surface area contributed by atoms with E-state index in [1.165, 1.54) is 12.1 Å². The number of carbonyl (C=O) groups is 1. The van der Waals surface area contributed by atoms with Gasteiger partial charge in [0, 0.05) is 16.9 Å². The fraction of sp³-hybridized carbons (Fsp3) is 0.318. The number of fused-ring (bicyclic) bond motifs is 2. The number of benzene rings is 2. The Morgan fingerprint density at radius 3 is 2.46 bits per heavy atom. The lowest BCUT2D eigenvalue weighted by Crippen LogP contribution is -2.21. The molecule has 2 aromatic carbocycles. The summed E-state index contributed by atoms with van der Waals surface area (Å²) in [5.74, 6) is -0.188.